The Morgan fingerprint density at radius 3 is 1.50 bits per heavy atom. The number of nitrogens with zero attached hydrogens (tertiary/aromatic N) is 4. The number of halogens is 2. The van der Waals surface area contributed by atoms with Crippen LogP contribution in [0.5, 0.6) is 11.8 Å². The molecule has 4 heterocycles. The van der Waals surface area contributed by atoms with E-state index < -0.39 is 0 Å². The summed E-state index contributed by atoms with van der Waals surface area (Å²) in [7, 11) is 3.13. The van der Waals surface area contributed by atoms with Crippen LogP contribution in [0.3, 0.4) is 0 Å². The van der Waals surface area contributed by atoms with Crippen molar-refractivity contribution >= 4 is 35.0 Å². The van der Waals surface area contributed by atoms with Crippen LogP contribution in [0.15, 0.2) is 48.8 Å². The van der Waals surface area contributed by atoms with Crippen molar-refractivity contribution in [2.24, 2.45) is 11.8 Å². The lowest BCUT2D eigenvalue weighted by Gasteiger charge is -2.15. The van der Waals surface area contributed by atoms with Crippen molar-refractivity contribution in [2.45, 2.75) is 38.8 Å². The molecule has 2 saturated heterocycles. The normalized spacial score (nSPS) is 17.1. The van der Waals surface area contributed by atoms with E-state index in [9.17, 15) is 9.59 Å². The molecule has 0 saturated carbocycles. The highest BCUT2D eigenvalue weighted by Crippen LogP contribution is 2.42. The summed E-state index contributed by atoms with van der Waals surface area (Å²) in [6, 6.07) is 11.4. The SMILES string of the molecule is COc1nc(-c2cccc(-c3cccc(-c4cnc(CNCC[C@H]5CNC(=O)C5)c(OC)n4)c3Cl)c2Cl)cnc1CNCC[C@H]1CNC(=O)C1. The molecule has 0 bridgehead atoms. The standard InChI is InChI=1S/C36H40Cl2N8O4/c1-49-35-29(17-39-11-9-21-13-31(47)43-15-21)41-19-27(45-35)25-7-3-5-23(33(25)37)24-6-4-8-26(34(24)38)28-20-42-30(36(46-28)50-2)18-40-12-10-22-14-32(48)44-16-22/h3-8,19-22,39-40H,9-18H2,1-2H3,(H,43,47)(H,44,48)/t21-,22-/m1/s1. The number of methoxy groups -OCH3 is 2. The lowest BCUT2D eigenvalue weighted by atomic mass is 9.98. The molecule has 50 heavy (non-hydrogen) atoms. The van der Waals surface area contributed by atoms with Gasteiger partial charge >= 0.3 is 0 Å². The Bertz CT molecular complexity index is 1730. The second-order valence-corrected chi connectivity index (χ2v) is 13.2. The Morgan fingerprint density at radius 1 is 0.700 bits per heavy atom. The first-order valence-corrected chi connectivity index (χ1v) is 17.4. The van der Waals surface area contributed by atoms with Gasteiger partial charge in [-0.25, -0.2) is 9.97 Å². The molecule has 2 amide bonds. The lowest BCUT2D eigenvalue weighted by molar-refractivity contribution is -0.120. The Hall–Kier alpha value is -4.36. The van der Waals surface area contributed by atoms with Crippen molar-refractivity contribution in [3.05, 3.63) is 70.2 Å². The van der Waals surface area contributed by atoms with E-state index in [4.69, 9.17) is 42.6 Å². The minimum Gasteiger partial charge on any atom is -0.480 e. The number of benzene rings is 2. The monoisotopic (exact) mass is 718 g/mol. The summed E-state index contributed by atoms with van der Waals surface area (Å²) in [6.07, 6.45) is 6.32. The van der Waals surface area contributed by atoms with E-state index >= 15 is 0 Å². The molecule has 2 atom stereocenters. The number of hydrogen-bond donors (Lipinski definition) is 4. The minimum atomic E-state index is 0.116. The average molecular weight is 720 g/mol. The number of amides is 2. The third-order valence-electron chi connectivity index (χ3n) is 9.02. The van der Waals surface area contributed by atoms with Crippen molar-refractivity contribution in [1.29, 1.82) is 0 Å². The largest absolute Gasteiger partial charge is 0.480 e. The molecule has 2 fully saturated rings. The summed E-state index contributed by atoms with van der Waals surface area (Å²) in [6.45, 7) is 3.92. The summed E-state index contributed by atoms with van der Waals surface area (Å²) in [5.74, 6) is 1.74. The van der Waals surface area contributed by atoms with Gasteiger partial charge in [0, 0.05) is 61.3 Å². The molecule has 6 rings (SSSR count). The molecule has 14 heteroatoms. The first-order chi connectivity index (χ1) is 24.3. The van der Waals surface area contributed by atoms with Crippen LogP contribution in [-0.2, 0) is 22.7 Å². The van der Waals surface area contributed by atoms with Crippen molar-refractivity contribution < 1.29 is 19.1 Å². The van der Waals surface area contributed by atoms with E-state index in [0.29, 0.717) is 93.5 Å². The molecule has 4 aromatic rings. The topological polar surface area (TPSA) is 152 Å². The van der Waals surface area contributed by atoms with Crippen LogP contribution in [0.4, 0.5) is 0 Å². The molecule has 2 aromatic carbocycles. The maximum absolute atomic E-state index is 11.5. The average Bonchev–Trinajstić information content (AvgIpc) is 3.75. The summed E-state index contributed by atoms with van der Waals surface area (Å²) in [5, 5.41) is 13.4. The Kier molecular flexibility index (Phi) is 11.7. The highest BCUT2D eigenvalue weighted by atomic mass is 35.5. The molecule has 4 N–H and O–H groups in total. The van der Waals surface area contributed by atoms with E-state index in [1.165, 1.54) is 0 Å². The van der Waals surface area contributed by atoms with Crippen LogP contribution in [0.25, 0.3) is 33.6 Å². The molecular weight excluding hydrogens is 679 g/mol. The highest BCUT2D eigenvalue weighted by Gasteiger charge is 2.23. The maximum atomic E-state index is 11.5. The van der Waals surface area contributed by atoms with Crippen LogP contribution < -0.4 is 30.7 Å². The fourth-order valence-electron chi connectivity index (χ4n) is 6.26. The van der Waals surface area contributed by atoms with Gasteiger partial charge in [-0.2, -0.15) is 0 Å². The maximum Gasteiger partial charge on any atom is 0.237 e. The van der Waals surface area contributed by atoms with Gasteiger partial charge in [0.2, 0.25) is 23.6 Å². The second-order valence-electron chi connectivity index (χ2n) is 12.4. The number of nitrogens with one attached hydrogen (secondary N) is 4. The van der Waals surface area contributed by atoms with Gasteiger partial charge in [-0.05, 0) is 37.8 Å². The van der Waals surface area contributed by atoms with Crippen LogP contribution in [-0.4, -0.2) is 72.1 Å². The number of hydrogen-bond acceptors (Lipinski definition) is 10. The zero-order valence-electron chi connectivity index (χ0n) is 28.0. The predicted octanol–water partition coefficient (Wildman–Crippen LogP) is 4.82. The fraction of sp³-hybridized carbons (Fsp3) is 0.389. The molecule has 0 radical (unpaired) electrons. The summed E-state index contributed by atoms with van der Waals surface area (Å²) >= 11 is 14.1. The smallest absolute Gasteiger partial charge is 0.237 e. The van der Waals surface area contributed by atoms with Crippen molar-refractivity contribution in [3.63, 3.8) is 0 Å². The predicted molar refractivity (Wildman–Crippen MR) is 192 cm³/mol. The van der Waals surface area contributed by atoms with Crippen LogP contribution in [0.1, 0.15) is 37.1 Å². The van der Waals surface area contributed by atoms with Gasteiger partial charge in [-0.1, -0.05) is 59.6 Å². The van der Waals surface area contributed by atoms with Gasteiger partial charge in [0.1, 0.15) is 11.4 Å². The van der Waals surface area contributed by atoms with Crippen molar-refractivity contribution in [2.75, 3.05) is 40.4 Å². The van der Waals surface area contributed by atoms with E-state index in [2.05, 4.69) is 31.2 Å². The van der Waals surface area contributed by atoms with E-state index in [1.807, 2.05) is 36.4 Å². The highest BCUT2D eigenvalue weighted by molar-refractivity contribution is 6.39. The molecule has 0 aliphatic carbocycles. The molecule has 262 valence electrons. The number of carbonyl (C=O) groups excluding carboxylic acids is 2. The van der Waals surface area contributed by atoms with Gasteiger partial charge < -0.3 is 30.7 Å². The third-order valence-corrected chi connectivity index (χ3v) is 9.83. The van der Waals surface area contributed by atoms with E-state index in [0.717, 1.165) is 50.1 Å². The molecular formula is C36H40Cl2N8O4. The molecule has 0 unspecified atom stereocenters. The van der Waals surface area contributed by atoms with Gasteiger partial charge in [0.25, 0.3) is 0 Å². The van der Waals surface area contributed by atoms with Gasteiger partial charge in [-0.3, -0.25) is 19.6 Å². The van der Waals surface area contributed by atoms with Gasteiger partial charge in [-0.15, -0.1) is 0 Å². The van der Waals surface area contributed by atoms with Gasteiger partial charge in [0.05, 0.1) is 48.0 Å². The molecule has 2 aromatic heterocycles. The first-order valence-electron chi connectivity index (χ1n) is 16.7. The van der Waals surface area contributed by atoms with Crippen molar-refractivity contribution in [3.8, 4) is 45.4 Å². The number of aromatic nitrogens is 4. The fourth-order valence-corrected chi connectivity index (χ4v) is 6.91. The molecule has 12 nitrogen and oxygen atoms in total. The first kappa shape index (κ1) is 35.5. The Balaban J connectivity index is 1.16. The molecule has 0 spiro atoms. The Labute approximate surface area is 301 Å². The summed E-state index contributed by atoms with van der Waals surface area (Å²) < 4.78 is 11.2. The summed E-state index contributed by atoms with van der Waals surface area (Å²) in [5.41, 5.74) is 5.30. The van der Waals surface area contributed by atoms with Crippen LogP contribution >= 0.6 is 23.2 Å². The minimum absolute atomic E-state index is 0.116. The van der Waals surface area contributed by atoms with Crippen molar-refractivity contribution in [1.82, 2.24) is 41.2 Å². The van der Waals surface area contributed by atoms with Crippen LogP contribution in [0.2, 0.25) is 10.0 Å². The van der Waals surface area contributed by atoms with E-state index in [1.54, 1.807) is 26.6 Å². The Morgan fingerprint density at radius 2 is 1.12 bits per heavy atom. The number of rotatable bonds is 15. The molecule has 2 aliphatic heterocycles. The lowest BCUT2D eigenvalue weighted by Crippen LogP contribution is -2.20. The van der Waals surface area contributed by atoms with Crippen LogP contribution in [0, 0.1) is 11.8 Å². The molecule has 2 aliphatic rings. The zero-order valence-corrected chi connectivity index (χ0v) is 29.5. The third kappa shape index (κ3) is 8.32. The number of ether oxygens (including phenoxy) is 2. The zero-order chi connectivity index (χ0) is 35.0. The summed E-state index contributed by atoms with van der Waals surface area (Å²) in [4.78, 5) is 41.7. The second kappa shape index (κ2) is 16.6. The van der Waals surface area contributed by atoms with E-state index in [-0.39, 0.29) is 11.8 Å². The van der Waals surface area contributed by atoms with Gasteiger partial charge in [0.15, 0.2) is 0 Å². The number of carbonyl (C=O) groups is 2. The quantitative estimate of drug-likeness (QED) is 0.126.